The second-order valence-corrected chi connectivity index (χ2v) is 8.76. The van der Waals surface area contributed by atoms with Crippen LogP contribution in [0.15, 0.2) is 11.5 Å². The van der Waals surface area contributed by atoms with Crippen molar-refractivity contribution in [2.75, 3.05) is 19.6 Å². The van der Waals surface area contributed by atoms with Crippen LogP contribution in [0.25, 0.3) is 0 Å². The van der Waals surface area contributed by atoms with Crippen LogP contribution in [0.5, 0.6) is 0 Å². The first kappa shape index (κ1) is 17.6. The monoisotopic (exact) mass is 364 g/mol. The molecule has 0 spiro atoms. The van der Waals surface area contributed by atoms with Crippen molar-refractivity contribution >= 4 is 11.8 Å². The van der Waals surface area contributed by atoms with Crippen molar-refractivity contribution in [2.45, 2.75) is 58.0 Å². The van der Waals surface area contributed by atoms with E-state index < -0.39 is 18.0 Å². The lowest BCUT2D eigenvalue weighted by Gasteiger charge is -2.44. The van der Waals surface area contributed by atoms with Crippen molar-refractivity contribution < 1.29 is 14.7 Å². The number of piperazine rings is 1. The summed E-state index contributed by atoms with van der Waals surface area (Å²) in [6.07, 6.45) is 1.32. The Morgan fingerprint density at radius 2 is 1.96 bits per heavy atom. The van der Waals surface area contributed by atoms with Crippen molar-refractivity contribution in [3.63, 3.8) is 0 Å². The smallest absolute Gasteiger partial charge is 0.281 e. The Bertz CT molecular complexity index is 653. The summed E-state index contributed by atoms with van der Waals surface area (Å²) < 4.78 is 0. The molecule has 144 valence electrons. The molecule has 3 aliphatic heterocycles. The third-order valence-electron chi connectivity index (χ3n) is 5.12. The van der Waals surface area contributed by atoms with E-state index in [1.165, 1.54) is 5.01 Å². The number of carbonyl (C=O) groups excluding carboxylic acids is 2. The fourth-order valence-electron chi connectivity index (χ4n) is 3.86. The number of aliphatic hydroxyl groups is 1. The molecule has 1 aliphatic carbocycles. The number of amides is 2. The van der Waals surface area contributed by atoms with Gasteiger partial charge in [-0.1, -0.05) is 20.8 Å². The van der Waals surface area contributed by atoms with Gasteiger partial charge in [0.1, 0.15) is 6.17 Å². The van der Waals surface area contributed by atoms with Gasteiger partial charge in [-0.2, -0.15) is 0 Å². The predicted octanol–water partition coefficient (Wildman–Crippen LogP) is -1.04. The summed E-state index contributed by atoms with van der Waals surface area (Å²) in [5.41, 5.74) is 2.87. The second-order valence-electron chi connectivity index (χ2n) is 8.76. The number of hydrazine groups is 1. The lowest BCUT2D eigenvalue weighted by Crippen LogP contribution is -2.64. The number of hydrogen-bond donors (Lipinski definition) is 5. The zero-order valence-corrected chi connectivity index (χ0v) is 15.5. The summed E-state index contributed by atoms with van der Waals surface area (Å²) in [7, 11) is 0. The maximum atomic E-state index is 13.0. The first-order valence-electron chi connectivity index (χ1n) is 9.33. The molecule has 26 heavy (non-hydrogen) atoms. The molecule has 5 N–H and O–H groups in total. The van der Waals surface area contributed by atoms with E-state index in [2.05, 4.69) is 42.1 Å². The average molecular weight is 364 g/mol. The van der Waals surface area contributed by atoms with E-state index in [0.29, 0.717) is 6.54 Å². The van der Waals surface area contributed by atoms with E-state index in [9.17, 15) is 14.7 Å². The molecule has 3 fully saturated rings. The van der Waals surface area contributed by atoms with Crippen molar-refractivity contribution in [3.05, 3.63) is 11.5 Å². The van der Waals surface area contributed by atoms with Gasteiger partial charge >= 0.3 is 0 Å². The zero-order valence-electron chi connectivity index (χ0n) is 15.5. The number of nitrogens with one attached hydrogen (secondary N) is 4. The third kappa shape index (κ3) is 3.04. The molecule has 0 bridgehead atoms. The van der Waals surface area contributed by atoms with E-state index in [4.69, 9.17) is 0 Å². The van der Waals surface area contributed by atoms with Crippen LogP contribution in [0.1, 0.15) is 33.6 Å². The minimum absolute atomic E-state index is 0.0785. The minimum Gasteiger partial charge on any atom is -0.494 e. The lowest BCUT2D eigenvalue weighted by atomic mass is 9.94. The summed E-state index contributed by atoms with van der Waals surface area (Å²) in [6.45, 7) is 8.28. The molecule has 9 nitrogen and oxygen atoms in total. The summed E-state index contributed by atoms with van der Waals surface area (Å²) >= 11 is 0. The molecule has 0 radical (unpaired) electrons. The summed E-state index contributed by atoms with van der Waals surface area (Å²) in [5, 5.41) is 22.0. The van der Waals surface area contributed by atoms with E-state index in [1.54, 1.807) is 4.90 Å². The Hall–Kier alpha value is -1.84. The number of aliphatic hydroxyl groups excluding tert-OH is 1. The standard InChI is InChI=1S/C17H28N6O3/c1-17(2,3)8-22-14-11-12(19-7-6-18-11)21-23(14)16(26)10(15(22)25)13(24)20-9-4-5-9/h9,11-12,14,18-19,21,25H,4-8H2,1-3H3,(H,20,24). The van der Waals surface area contributed by atoms with Gasteiger partial charge in [0, 0.05) is 25.7 Å². The highest BCUT2D eigenvalue weighted by atomic mass is 16.3. The maximum absolute atomic E-state index is 13.0. The Morgan fingerprint density at radius 3 is 2.62 bits per heavy atom. The van der Waals surface area contributed by atoms with Crippen LogP contribution in [0.4, 0.5) is 0 Å². The summed E-state index contributed by atoms with van der Waals surface area (Å²) in [4.78, 5) is 27.4. The van der Waals surface area contributed by atoms with Gasteiger partial charge in [-0.05, 0) is 18.3 Å². The number of rotatable bonds is 3. The van der Waals surface area contributed by atoms with E-state index in [-0.39, 0.29) is 35.1 Å². The highest BCUT2D eigenvalue weighted by Gasteiger charge is 2.54. The van der Waals surface area contributed by atoms with E-state index in [1.807, 2.05) is 0 Å². The molecule has 2 amide bonds. The Balaban J connectivity index is 1.70. The molecule has 3 unspecified atom stereocenters. The molecule has 0 aromatic rings. The van der Waals surface area contributed by atoms with Crippen LogP contribution >= 0.6 is 0 Å². The SMILES string of the molecule is CC(C)(C)CN1C(O)=C(C(=O)NC2CC2)C(=O)N2NC3NCCNC3C12. The predicted molar refractivity (Wildman–Crippen MR) is 94.3 cm³/mol. The highest BCUT2D eigenvalue weighted by molar-refractivity contribution is 6.19. The summed E-state index contributed by atoms with van der Waals surface area (Å²) in [6, 6.07) is 0.0343. The Morgan fingerprint density at radius 1 is 1.27 bits per heavy atom. The molecule has 4 aliphatic rings. The fourth-order valence-corrected chi connectivity index (χ4v) is 3.86. The first-order chi connectivity index (χ1) is 12.3. The molecule has 1 saturated carbocycles. The largest absolute Gasteiger partial charge is 0.494 e. The van der Waals surface area contributed by atoms with Crippen molar-refractivity contribution in [2.24, 2.45) is 5.41 Å². The molecule has 0 aromatic heterocycles. The molecule has 3 heterocycles. The number of carbonyl (C=O) groups is 2. The number of hydrogen-bond acceptors (Lipinski definition) is 7. The quantitative estimate of drug-likeness (QED) is 0.407. The zero-order chi connectivity index (χ0) is 18.6. The van der Waals surface area contributed by atoms with Gasteiger partial charge in [-0.15, -0.1) is 0 Å². The molecule has 3 atom stereocenters. The van der Waals surface area contributed by atoms with Crippen LogP contribution in [0, 0.1) is 5.41 Å². The van der Waals surface area contributed by atoms with Crippen LogP contribution in [0.3, 0.4) is 0 Å². The number of nitrogens with zero attached hydrogens (tertiary/aromatic N) is 2. The van der Waals surface area contributed by atoms with E-state index in [0.717, 1.165) is 25.9 Å². The van der Waals surface area contributed by atoms with Crippen LogP contribution in [0.2, 0.25) is 0 Å². The first-order valence-corrected chi connectivity index (χ1v) is 9.33. The molecular formula is C17H28N6O3. The van der Waals surface area contributed by atoms with Crippen molar-refractivity contribution in [1.82, 2.24) is 31.3 Å². The molecule has 2 saturated heterocycles. The van der Waals surface area contributed by atoms with Gasteiger partial charge in [0.05, 0.1) is 12.2 Å². The van der Waals surface area contributed by atoms with Crippen LogP contribution in [-0.2, 0) is 9.59 Å². The number of fused-ring (bicyclic) bond motifs is 3. The highest BCUT2D eigenvalue weighted by Crippen LogP contribution is 2.33. The molecule has 0 aromatic carbocycles. The molecule has 4 rings (SSSR count). The normalized spacial score (nSPS) is 31.8. The fraction of sp³-hybridized carbons (Fsp3) is 0.765. The topological polar surface area (TPSA) is 109 Å². The van der Waals surface area contributed by atoms with E-state index >= 15 is 0 Å². The Labute approximate surface area is 153 Å². The Kier molecular flexibility index (Phi) is 4.13. The van der Waals surface area contributed by atoms with Gasteiger partial charge in [0.2, 0.25) is 5.88 Å². The van der Waals surface area contributed by atoms with Crippen molar-refractivity contribution in [3.8, 4) is 0 Å². The van der Waals surface area contributed by atoms with Gasteiger partial charge in [0.25, 0.3) is 11.8 Å². The van der Waals surface area contributed by atoms with Crippen molar-refractivity contribution in [1.29, 1.82) is 0 Å². The lowest BCUT2D eigenvalue weighted by molar-refractivity contribution is -0.142. The van der Waals surface area contributed by atoms with Gasteiger partial charge in [-0.25, -0.2) is 10.4 Å². The van der Waals surface area contributed by atoms with Gasteiger partial charge in [0.15, 0.2) is 5.57 Å². The maximum Gasteiger partial charge on any atom is 0.281 e. The summed E-state index contributed by atoms with van der Waals surface area (Å²) in [5.74, 6) is -1.20. The third-order valence-corrected chi connectivity index (χ3v) is 5.12. The second kappa shape index (κ2) is 6.11. The van der Waals surface area contributed by atoms with Gasteiger partial charge < -0.3 is 20.6 Å². The van der Waals surface area contributed by atoms with Gasteiger partial charge in [-0.3, -0.25) is 14.9 Å². The minimum atomic E-state index is -0.495. The van der Waals surface area contributed by atoms with Crippen LogP contribution in [-0.4, -0.2) is 70.9 Å². The van der Waals surface area contributed by atoms with Crippen LogP contribution < -0.4 is 21.4 Å². The average Bonchev–Trinajstić information content (AvgIpc) is 3.27. The molecule has 9 heteroatoms. The molecular weight excluding hydrogens is 336 g/mol.